The Morgan fingerprint density at radius 1 is 1.61 bits per heavy atom. The molecule has 1 aromatic heterocycles. The van der Waals surface area contributed by atoms with E-state index in [0.717, 1.165) is 18.2 Å². The van der Waals surface area contributed by atoms with E-state index in [4.69, 9.17) is 0 Å². The van der Waals surface area contributed by atoms with Gasteiger partial charge in [0, 0.05) is 17.6 Å². The third-order valence-electron chi connectivity index (χ3n) is 3.72. The first kappa shape index (κ1) is 14.0. The molecule has 1 N–H and O–H groups in total. The second-order valence-corrected chi connectivity index (χ2v) is 6.25. The van der Waals surface area contributed by atoms with Crippen molar-refractivity contribution in [3.63, 3.8) is 0 Å². The fraction of sp³-hybridized carbons (Fsp3) is 0.786. The van der Waals surface area contributed by atoms with Gasteiger partial charge in [0.25, 0.3) is 0 Å². The van der Waals surface area contributed by atoms with Crippen molar-refractivity contribution in [2.75, 3.05) is 26.2 Å². The van der Waals surface area contributed by atoms with Crippen molar-refractivity contribution in [1.82, 2.24) is 15.2 Å². The zero-order chi connectivity index (χ0) is 13.0. The molecule has 3 nitrogen and oxygen atoms in total. The van der Waals surface area contributed by atoms with Crippen molar-refractivity contribution < 1.29 is 0 Å². The molecule has 0 radical (unpaired) electrons. The van der Waals surface area contributed by atoms with Crippen molar-refractivity contribution in [1.29, 1.82) is 0 Å². The second-order valence-electron chi connectivity index (χ2n) is 5.36. The number of aryl methyl sites for hydroxylation is 1. The zero-order valence-corrected chi connectivity index (χ0v) is 12.6. The Hall–Kier alpha value is -0.450. The molecule has 1 saturated heterocycles. The Labute approximate surface area is 115 Å². The summed E-state index contributed by atoms with van der Waals surface area (Å²) in [7, 11) is 0. The predicted molar refractivity (Wildman–Crippen MR) is 78.1 cm³/mol. The largest absolute Gasteiger partial charge is 0.316 e. The summed E-state index contributed by atoms with van der Waals surface area (Å²) in [4.78, 5) is 7.20. The van der Waals surface area contributed by atoms with Gasteiger partial charge in [-0.3, -0.25) is 4.90 Å². The summed E-state index contributed by atoms with van der Waals surface area (Å²) >= 11 is 1.80. The van der Waals surface area contributed by atoms with Crippen molar-refractivity contribution in [2.24, 2.45) is 5.92 Å². The molecular weight excluding hydrogens is 242 g/mol. The number of hydrogen-bond donors (Lipinski definition) is 1. The second kappa shape index (κ2) is 6.64. The molecule has 1 fully saturated rings. The van der Waals surface area contributed by atoms with Crippen LogP contribution in [0.3, 0.4) is 0 Å². The van der Waals surface area contributed by atoms with E-state index in [-0.39, 0.29) is 0 Å². The van der Waals surface area contributed by atoms with Gasteiger partial charge in [0.1, 0.15) is 5.01 Å². The molecule has 1 aromatic rings. The lowest BCUT2D eigenvalue weighted by Crippen LogP contribution is -2.28. The number of rotatable bonds is 6. The van der Waals surface area contributed by atoms with Gasteiger partial charge >= 0.3 is 0 Å². The molecule has 2 atom stereocenters. The summed E-state index contributed by atoms with van der Waals surface area (Å²) in [5, 5.41) is 6.97. The van der Waals surface area contributed by atoms with E-state index in [1.54, 1.807) is 11.3 Å². The van der Waals surface area contributed by atoms with E-state index in [0.29, 0.717) is 6.04 Å². The molecular formula is C14H25N3S. The average molecular weight is 267 g/mol. The van der Waals surface area contributed by atoms with Crippen LogP contribution in [-0.2, 0) is 0 Å². The van der Waals surface area contributed by atoms with Gasteiger partial charge in [0.05, 0.1) is 6.04 Å². The van der Waals surface area contributed by atoms with Crippen LogP contribution < -0.4 is 5.32 Å². The minimum atomic E-state index is 0.486. The summed E-state index contributed by atoms with van der Waals surface area (Å²) < 4.78 is 0. The minimum Gasteiger partial charge on any atom is -0.316 e. The van der Waals surface area contributed by atoms with Gasteiger partial charge in [-0.1, -0.05) is 6.92 Å². The van der Waals surface area contributed by atoms with Crippen LogP contribution in [0.4, 0.5) is 0 Å². The van der Waals surface area contributed by atoms with Gasteiger partial charge in [-0.15, -0.1) is 11.3 Å². The van der Waals surface area contributed by atoms with Crippen LogP contribution in [0.25, 0.3) is 0 Å². The molecule has 0 saturated carbocycles. The molecule has 0 spiro atoms. The van der Waals surface area contributed by atoms with Crippen LogP contribution in [0, 0.1) is 12.8 Å². The molecule has 18 heavy (non-hydrogen) atoms. The van der Waals surface area contributed by atoms with E-state index in [1.807, 2.05) is 0 Å². The summed E-state index contributed by atoms with van der Waals surface area (Å²) in [5.74, 6) is 0.819. The highest BCUT2D eigenvalue weighted by Gasteiger charge is 2.27. The smallest absolute Gasteiger partial charge is 0.110 e. The Balaban J connectivity index is 1.81. The SMILES string of the molecule is CCCNCC1CCN(C(C)c2nc(C)cs2)C1. The lowest BCUT2D eigenvalue weighted by Gasteiger charge is -2.22. The highest BCUT2D eigenvalue weighted by Crippen LogP contribution is 2.28. The van der Waals surface area contributed by atoms with Gasteiger partial charge in [-0.2, -0.15) is 0 Å². The molecule has 2 rings (SSSR count). The summed E-state index contributed by atoms with van der Waals surface area (Å²) in [6.45, 7) is 11.4. The number of hydrogen-bond acceptors (Lipinski definition) is 4. The van der Waals surface area contributed by atoms with Crippen molar-refractivity contribution in [3.8, 4) is 0 Å². The van der Waals surface area contributed by atoms with E-state index in [9.17, 15) is 0 Å². The number of nitrogens with one attached hydrogen (secondary N) is 1. The van der Waals surface area contributed by atoms with Crippen LogP contribution >= 0.6 is 11.3 Å². The van der Waals surface area contributed by atoms with Gasteiger partial charge in [-0.05, 0) is 52.2 Å². The number of thiazole rings is 1. The Bertz CT molecular complexity index is 364. The van der Waals surface area contributed by atoms with E-state index < -0.39 is 0 Å². The summed E-state index contributed by atoms with van der Waals surface area (Å²) in [6, 6.07) is 0.486. The third-order valence-corrected chi connectivity index (χ3v) is 4.85. The van der Waals surface area contributed by atoms with Gasteiger partial charge in [0.15, 0.2) is 0 Å². The third kappa shape index (κ3) is 3.53. The normalized spacial score (nSPS) is 22.5. The Morgan fingerprint density at radius 3 is 3.11 bits per heavy atom. The monoisotopic (exact) mass is 267 g/mol. The lowest BCUT2D eigenvalue weighted by atomic mass is 10.1. The molecule has 0 amide bonds. The van der Waals surface area contributed by atoms with Crippen molar-refractivity contribution in [3.05, 3.63) is 16.1 Å². The first-order chi connectivity index (χ1) is 8.70. The van der Waals surface area contributed by atoms with Gasteiger partial charge < -0.3 is 5.32 Å². The maximum Gasteiger partial charge on any atom is 0.110 e. The fourth-order valence-corrected chi connectivity index (χ4v) is 3.47. The Morgan fingerprint density at radius 2 is 2.44 bits per heavy atom. The van der Waals surface area contributed by atoms with Gasteiger partial charge in [0.2, 0.25) is 0 Å². The zero-order valence-electron chi connectivity index (χ0n) is 11.8. The molecule has 1 aliphatic heterocycles. The predicted octanol–water partition coefficient (Wildman–Crippen LogP) is 2.83. The van der Waals surface area contributed by atoms with E-state index >= 15 is 0 Å². The Kier molecular flexibility index (Phi) is 5.15. The quantitative estimate of drug-likeness (QED) is 0.803. The van der Waals surface area contributed by atoms with Gasteiger partial charge in [-0.25, -0.2) is 4.98 Å². The first-order valence-electron chi connectivity index (χ1n) is 7.07. The number of likely N-dealkylation sites (tertiary alicyclic amines) is 1. The first-order valence-corrected chi connectivity index (χ1v) is 7.95. The molecule has 102 valence electrons. The van der Waals surface area contributed by atoms with Crippen LogP contribution in [0.2, 0.25) is 0 Å². The minimum absolute atomic E-state index is 0.486. The molecule has 4 heteroatoms. The van der Waals surface area contributed by atoms with Crippen molar-refractivity contribution in [2.45, 2.75) is 39.7 Å². The van der Waals surface area contributed by atoms with Crippen LogP contribution in [-0.4, -0.2) is 36.1 Å². The molecule has 2 unspecified atom stereocenters. The van der Waals surface area contributed by atoms with Crippen LogP contribution in [0.5, 0.6) is 0 Å². The molecule has 0 aromatic carbocycles. The summed E-state index contributed by atoms with van der Waals surface area (Å²) in [5.41, 5.74) is 1.15. The molecule has 0 aliphatic carbocycles. The van der Waals surface area contributed by atoms with Crippen molar-refractivity contribution >= 4 is 11.3 Å². The fourth-order valence-electron chi connectivity index (χ4n) is 2.58. The van der Waals surface area contributed by atoms with E-state index in [1.165, 1.54) is 37.5 Å². The molecule has 1 aliphatic rings. The standard InChI is InChI=1S/C14H25N3S/c1-4-6-15-8-13-5-7-17(9-13)12(3)14-16-11(2)10-18-14/h10,12-13,15H,4-9H2,1-3H3. The highest BCUT2D eigenvalue weighted by atomic mass is 32.1. The lowest BCUT2D eigenvalue weighted by molar-refractivity contribution is 0.251. The number of nitrogens with zero attached hydrogens (tertiary/aromatic N) is 2. The summed E-state index contributed by atoms with van der Waals surface area (Å²) in [6.07, 6.45) is 2.55. The highest BCUT2D eigenvalue weighted by molar-refractivity contribution is 7.09. The number of aromatic nitrogens is 1. The van der Waals surface area contributed by atoms with E-state index in [2.05, 4.69) is 41.4 Å². The average Bonchev–Trinajstić information content (AvgIpc) is 2.98. The maximum absolute atomic E-state index is 4.62. The topological polar surface area (TPSA) is 28.2 Å². The molecule has 0 bridgehead atoms. The van der Waals surface area contributed by atoms with Crippen LogP contribution in [0.1, 0.15) is 43.4 Å². The molecule has 2 heterocycles. The maximum atomic E-state index is 4.62. The van der Waals surface area contributed by atoms with Crippen LogP contribution in [0.15, 0.2) is 5.38 Å².